The van der Waals surface area contributed by atoms with Crippen LogP contribution in [0.1, 0.15) is 6.92 Å². The molecular formula is C15H15N3O5S. The van der Waals surface area contributed by atoms with Crippen LogP contribution in [0.5, 0.6) is 0 Å². The smallest absolute Gasteiger partial charge is 0.323 e. The highest BCUT2D eigenvalue weighted by Gasteiger charge is 2.18. The molecule has 0 saturated heterocycles. The van der Waals surface area contributed by atoms with Gasteiger partial charge in [0.25, 0.3) is 10.1 Å². The second kappa shape index (κ2) is 7.11. The number of urea groups is 1. The molecule has 24 heavy (non-hydrogen) atoms. The number of benzene rings is 2. The van der Waals surface area contributed by atoms with Gasteiger partial charge in [-0.2, -0.15) is 8.42 Å². The van der Waals surface area contributed by atoms with Crippen LogP contribution in [0, 0.1) is 0 Å². The van der Waals surface area contributed by atoms with E-state index in [1.807, 2.05) is 0 Å². The Morgan fingerprint density at radius 1 is 0.917 bits per heavy atom. The van der Waals surface area contributed by atoms with Gasteiger partial charge < -0.3 is 16.0 Å². The number of rotatable bonds is 4. The van der Waals surface area contributed by atoms with Crippen molar-refractivity contribution < 1.29 is 22.6 Å². The predicted molar refractivity (Wildman–Crippen MR) is 89.6 cm³/mol. The molecule has 0 aliphatic rings. The molecule has 8 nitrogen and oxygen atoms in total. The summed E-state index contributed by atoms with van der Waals surface area (Å²) >= 11 is 0. The van der Waals surface area contributed by atoms with E-state index in [2.05, 4.69) is 16.0 Å². The molecule has 2 aromatic rings. The Labute approximate surface area is 138 Å². The third-order valence-corrected chi connectivity index (χ3v) is 3.75. The first kappa shape index (κ1) is 17.4. The topological polar surface area (TPSA) is 125 Å². The molecule has 2 aromatic carbocycles. The number of carbonyl (C=O) groups excluding carboxylic acids is 2. The van der Waals surface area contributed by atoms with Crippen molar-refractivity contribution in [2.24, 2.45) is 0 Å². The molecule has 0 radical (unpaired) electrons. The van der Waals surface area contributed by atoms with E-state index in [-0.39, 0.29) is 11.4 Å². The number of anilines is 3. The Hall–Kier alpha value is -2.91. The van der Waals surface area contributed by atoms with E-state index in [1.165, 1.54) is 19.1 Å². The molecule has 4 N–H and O–H groups in total. The van der Waals surface area contributed by atoms with Crippen LogP contribution in [0.25, 0.3) is 0 Å². The van der Waals surface area contributed by atoms with E-state index < -0.39 is 27.0 Å². The molecule has 0 fully saturated rings. The van der Waals surface area contributed by atoms with Gasteiger partial charge in [0.2, 0.25) is 5.91 Å². The Morgan fingerprint density at radius 3 is 2.12 bits per heavy atom. The van der Waals surface area contributed by atoms with E-state index in [9.17, 15) is 22.6 Å². The van der Waals surface area contributed by atoms with Crippen LogP contribution in [0.3, 0.4) is 0 Å². The Balaban J connectivity index is 2.22. The summed E-state index contributed by atoms with van der Waals surface area (Å²) in [5, 5.41) is 7.30. The summed E-state index contributed by atoms with van der Waals surface area (Å²) in [6.07, 6.45) is 0. The molecule has 3 amide bonds. The first-order valence-corrected chi connectivity index (χ1v) is 8.22. The molecule has 0 aliphatic carbocycles. The zero-order valence-electron chi connectivity index (χ0n) is 12.6. The van der Waals surface area contributed by atoms with Gasteiger partial charge in [-0.05, 0) is 30.3 Å². The van der Waals surface area contributed by atoms with Crippen LogP contribution < -0.4 is 16.0 Å². The lowest BCUT2D eigenvalue weighted by Gasteiger charge is -2.11. The normalized spacial score (nSPS) is 10.8. The lowest BCUT2D eigenvalue weighted by molar-refractivity contribution is -0.114. The molecule has 0 aromatic heterocycles. The van der Waals surface area contributed by atoms with Crippen LogP contribution in [0.15, 0.2) is 53.4 Å². The largest absolute Gasteiger partial charge is 0.325 e. The fourth-order valence-electron chi connectivity index (χ4n) is 1.92. The number of nitrogens with one attached hydrogen (secondary N) is 3. The number of hydrogen-bond acceptors (Lipinski definition) is 4. The SMILES string of the molecule is CC(=O)Nc1ccc(NC(=O)Nc2ccccc2)cc1S(=O)(=O)O. The maximum Gasteiger partial charge on any atom is 0.323 e. The van der Waals surface area contributed by atoms with Gasteiger partial charge in [0.1, 0.15) is 4.90 Å². The highest BCUT2D eigenvalue weighted by Crippen LogP contribution is 2.25. The monoisotopic (exact) mass is 349 g/mol. The van der Waals surface area contributed by atoms with Crippen molar-refractivity contribution in [3.63, 3.8) is 0 Å². The van der Waals surface area contributed by atoms with E-state index in [0.29, 0.717) is 5.69 Å². The van der Waals surface area contributed by atoms with Gasteiger partial charge in [-0.15, -0.1) is 0 Å². The van der Waals surface area contributed by atoms with E-state index in [4.69, 9.17) is 0 Å². The van der Waals surface area contributed by atoms with Gasteiger partial charge in [0.15, 0.2) is 0 Å². The fourth-order valence-corrected chi connectivity index (χ4v) is 2.59. The van der Waals surface area contributed by atoms with Gasteiger partial charge in [-0.3, -0.25) is 9.35 Å². The van der Waals surface area contributed by atoms with Crippen LogP contribution >= 0.6 is 0 Å². The zero-order valence-corrected chi connectivity index (χ0v) is 13.4. The predicted octanol–water partition coefficient (Wildman–Crippen LogP) is 2.54. The molecule has 2 rings (SSSR count). The van der Waals surface area contributed by atoms with E-state index in [1.54, 1.807) is 30.3 Å². The average molecular weight is 349 g/mol. The standard InChI is InChI=1S/C15H15N3O5S/c1-10(19)16-13-8-7-12(9-14(13)24(21,22)23)18-15(20)17-11-5-3-2-4-6-11/h2-9H,1H3,(H,16,19)(H2,17,18,20)(H,21,22,23). The summed E-state index contributed by atoms with van der Waals surface area (Å²) in [7, 11) is -4.58. The summed E-state index contributed by atoms with van der Waals surface area (Å²) in [6, 6.07) is 11.8. The summed E-state index contributed by atoms with van der Waals surface area (Å²) < 4.78 is 32.1. The number of carbonyl (C=O) groups is 2. The summed E-state index contributed by atoms with van der Waals surface area (Å²) in [5.41, 5.74) is 0.601. The second-order valence-corrected chi connectivity index (χ2v) is 6.20. The molecule has 126 valence electrons. The zero-order chi connectivity index (χ0) is 17.7. The highest BCUT2D eigenvalue weighted by atomic mass is 32.2. The van der Waals surface area contributed by atoms with Crippen molar-refractivity contribution >= 4 is 39.1 Å². The van der Waals surface area contributed by atoms with Crippen LogP contribution in [0.4, 0.5) is 21.9 Å². The van der Waals surface area contributed by atoms with Crippen molar-refractivity contribution in [3.05, 3.63) is 48.5 Å². The van der Waals surface area contributed by atoms with Crippen molar-refractivity contribution in [1.29, 1.82) is 0 Å². The van der Waals surface area contributed by atoms with Crippen molar-refractivity contribution in [2.75, 3.05) is 16.0 Å². The first-order chi connectivity index (χ1) is 11.3. The van der Waals surface area contributed by atoms with Crippen LogP contribution in [0.2, 0.25) is 0 Å². The minimum Gasteiger partial charge on any atom is -0.325 e. The average Bonchev–Trinajstić information content (AvgIpc) is 2.48. The van der Waals surface area contributed by atoms with Crippen molar-refractivity contribution in [3.8, 4) is 0 Å². The van der Waals surface area contributed by atoms with Crippen LogP contribution in [-0.2, 0) is 14.9 Å². The lowest BCUT2D eigenvalue weighted by atomic mass is 10.2. The van der Waals surface area contributed by atoms with Gasteiger partial charge >= 0.3 is 6.03 Å². The number of para-hydroxylation sites is 1. The fraction of sp³-hybridized carbons (Fsp3) is 0.0667. The van der Waals surface area contributed by atoms with Crippen molar-refractivity contribution in [2.45, 2.75) is 11.8 Å². The Morgan fingerprint density at radius 2 is 1.54 bits per heavy atom. The molecule has 0 unspecified atom stereocenters. The highest BCUT2D eigenvalue weighted by molar-refractivity contribution is 7.86. The van der Waals surface area contributed by atoms with E-state index in [0.717, 1.165) is 6.07 Å². The maximum atomic E-state index is 11.9. The van der Waals surface area contributed by atoms with Crippen LogP contribution in [-0.4, -0.2) is 24.9 Å². The number of amides is 3. The minimum absolute atomic E-state index is 0.0842. The number of hydrogen-bond donors (Lipinski definition) is 4. The minimum atomic E-state index is -4.58. The third kappa shape index (κ3) is 4.80. The first-order valence-electron chi connectivity index (χ1n) is 6.78. The maximum absolute atomic E-state index is 11.9. The summed E-state index contributed by atoms with van der Waals surface area (Å²) in [6.45, 7) is 1.20. The van der Waals surface area contributed by atoms with E-state index >= 15 is 0 Å². The molecule has 0 spiro atoms. The van der Waals surface area contributed by atoms with Crippen molar-refractivity contribution in [1.82, 2.24) is 0 Å². The molecule has 0 atom stereocenters. The van der Waals surface area contributed by atoms with Gasteiger partial charge in [-0.25, -0.2) is 4.79 Å². The quantitative estimate of drug-likeness (QED) is 0.631. The second-order valence-electron chi connectivity index (χ2n) is 4.81. The molecule has 0 aliphatic heterocycles. The summed E-state index contributed by atoms with van der Waals surface area (Å²) in [5.74, 6) is -0.498. The van der Waals surface area contributed by atoms with Gasteiger partial charge in [0.05, 0.1) is 5.69 Å². The summed E-state index contributed by atoms with van der Waals surface area (Å²) in [4.78, 5) is 22.5. The molecule has 0 heterocycles. The van der Waals surface area contributed by atoms with Gasteiger partial charge in [0, 0.05) is 18.3 Å². The third-order valence-electron chi connectivity index (χ3n) is 2.86. The molecular weight excluding hydrogens is 334 g/mol. The molecule has 0 bridgehead atoms. The molecule has 9 heteroatoms. The Bertz CT molecular complexity index is 866. The lowest BCUT2D eigenvalue weighted by Crippen LogP contribution is -2.20. The Kier molecular flexibility index (Phi) is 5.17. The van der Waals surface area contributed by atoms with Gasteiger partial charge in [-0.1, -0.05) is 18.2 Å². The molecule has 0 saturated carbocycles.